The van der Waals surface area contributed by atoms with Gasteiger partial charge in [0.15, 0.2) is 11.6 Å². The van der Waals surface area contributed by atoms with Crippen LogP contribution in [0.4, 0.5) is 4.39 Å². The normalized spacial score (nSPS) is 11.4. The molecule has 0 saturated carbocycles. The number of hydrogen-bond acceptors (Lipinski definition) is 3. The third-order valence-electron chi connectivity index (χ3n) is 3.70. The topological polar surface area (TPSA) is 47.8 Å². The van der Waals surface area contributed by atoms with Gasteiger partial charge in [0, 0.05) is 29.4 Å². The van der Waals surface area contributed by atoms with Crippen molar-refractivity contribution in [1.29, 1.82) is 0 Å². The summed E-state index contributed by atoms with van der Waals surface area (Å²) < 4.78 is 15.9. The highest BCUT2D eigenvalue weighted by Gasteiger charge is 2.16. The number of ketones is 1. The van der Waals surface area contributed by atoms with Crippen LogP contribution in [0.2, 0.25) is 5.28 Å². The van der Waals surface area contributed by atoms with Crippen molar-refractivity contribution in [3.8, 4) is 11.3 Å². The van der Waals surface area contributed by atoms with Gasteiger partial charge in [0.25, 0.3) is 0 Å². The predicted octanol–water partition coefficient (Wildman–Crippen LogP) is 4.67. The Balaban J connectivity index is 2.24. The molecule has 0 fully saturated rings. The second-order valence-electron chi connectivity index (χ2n) is 5.66. The molecule has 23 heavy (non-hydrogen) atoms. The van der Waals surface area contributed by atoms with Crippen molar-refractivity contribution >= 4 is 28.3 Å². The molecule has 0 aliphatic carbocycles. The van der Waals surface area contributed by atoms with Crippen molar-refractivity contribution in [2.75, 3.05) is 0 Å². The number of Topliss-reactive ketones (excluding diaryl/α,β-unsaturated/α-hetero) is 1. The number of halogens is 2. The number of benzene rings is 1. The zero-order chi connectivity index (χ0) is 16.7. The lowest BCUT2D eigenvalue weighted by Gasteiger charge is -2.13. The van der Waals surface area contributed by atoms with Gasteiger partial charge in [-0.05, 0) is 43.6 Å². The first-order chi connectivity index (χ1) is 10.9. The quantitative estimate of drug-likeness (QED) is 0.517. The maximum atomic E-state index is 14.0. The molecule has 0 unspecified atom stereocenters. The highest BCUT2D eigenvalue weighted by atomic mass is 35.5. The molecule has 1 aromatic carbocycles. The molecule has 0 amide bonds. The molecular weight excluding hydrogens is 317 g/mol. The molecule has 0 aliphatic rings. The Hall–Kier alpha value is -2.27. The second kappa shape index (κ2) is 5.74. The molecule has 0 aliphatic heterocycles. The summed E-state index contributed by atoms with van der Waals surface area (Å²) in [7, 11) is 0. The van der Waals surface area contributed by atoms with Gasteiger partial charge in [-0.25, -0.2) is 14.4 Å². The highest BCUT2D eigenvalue weighted by Crippen LogP contribution is 2.30. The molecule has 3 rings (SSSR count). The molecule has 0 radical (unpaired) electrons. The van der Waals surface area contributed by atoms with E-state index in [2.05, 4.69) is 9.97 Å². The Morgan fingerprint density at radius 2 is 2.04 bits per heavy atom. The zero-order valence-electron chi connectivity index (χ0n) is 13.0. The summed E-state index contributed by atoms with van der Waals surface area (Å²) in [6.45, 7) is 5.57. The maximum absolute atomic E-state index is 14.0. The Kier molecular flexibility index (Phi) is 3.90. The fraction of sp³-hybridized carbons (Fsp3) is 0.235. The van der Waals surface area contributed by atoms with Crippen LogP contribution in [0.1, 0.15) is 37.3 Å². The first-order valence-electron chi connectivity index (χ1n) is 7.23. The molecule has 2 heterocycles. The minimum absolute atomic E-state index is 0.00675. The van der Waals surface area contributed by atoms with Gasteiger partial charge in [0.2, 0.25) is 5.28 Å². The van der Waals surface area contributed by atoms with Crippen molar-refractivity contribution in [2.45, 2.75) is 26.8 Å². The Labute approximate surface area is 137 Å². The Morgan fingerprint density at radius 3 is 2.70 bits per heavy atom. The van der Waals surface area contributed by atoms with E-state index in [4.69, 9.17) is 11.6 Å². The summed E-state index contributed by atoms with van der Waals surface area (Å²) in [6.07, 6.45) is 1.05. The van der Waals surface area contributed by atoms with Gasteiger partial charge in [-0.1, -0.05) is 6.07 Å². The molecule has 0 atom stereocenters. The summed E-state index contributed by atoms with van der Waals surface area (Å²) in [4.78, 5) is 19.5. The van der Waals surface area contributed by atoms with E-state index >= 15 is 0 Å². The average molecular weight is 332 g/mol. The van der Waals surface area contributed by atoms with Crippen LogP contribution >= 0.6 is 11.6 Å². The highest BCUT2D eigenvalue weighted by molar-refractivity contribution is 6.28. The summed E-state index contributed by atoms with van der Waals surface area (Å²) in [6, 6.07) is 7.41. The van der Waals surface area contributed by atoms with E-state index in [1.54, 1.807) is 6.07 Å². The van der Waals surface area contributed by atoms with Gasteiger partial charge in [0.05, 0.1) is 11.9 Å². The zero-order valence-corrected chi connectivity index (χ0v) is 13.7. The standard InChI is InChI=1S/C17H15ClFN3O/c1-9(2)22-14-5-4-11(6-12(14)7-15(22)10(3)23)16-13(19)8-20-17(18)21-16/h4-9H,1-3H3. The van der Waals surface area contributed by atoms with Crippen LogP contribution < -0.4 is 0 Å². The molecule has 0 bridgehead atoms. The number of hydrogen-bond donors (Lipinski definition) is 0. The van der Waals surface area contributed by atoms with Crippen LogP contribution in [0.25, 0.3) is 22.2 Å². The van der Waals surface area contributed by atoms with E-state index in [0.29, 0.717) is 11.3 Å². The number of aromatic nitrogens is 3. The molecule has 0 N–H and O–H groups in total. The van der Waals surface area contributed by atoms with E-state index in [1.807, 2.05) is 36.6 Å². The van der Waals surface area contributed by atoms with E-state index in [9.17, 15) is 9.18 Å². The molecule has 2 aromatic heterocycles. The number of rotatable bonds is 3. The minimum atomic E-state index is -0.538. The monoisotopic (exact) mass is 331 g/mol. The number of carbonyl (C=O) groups is 1. The van der Waals surface area contributed by atoms with E-state index in [0.717, 1.165) is 17.1 Å². The van der Waals surface area contributed by atoms with Crippen LogP contribution in [0.15, 0.2) is 30.5 Å². The van der Waals surface area contributed by atoms with E-state index in [-0.39, 0.29) is 22.8 Å². The van der Waals surface area contributed by atoms with Crippen molar-refractivity contribution in [3.63, 3.8) is 0 Å². The lowest BCUT2D eigenvalue weighted by atomic mass is 10.1. The van der Waals surface area contributed by atoms with Gasteiger partial charge in [-0.3, -0.25) is 4.79 Å². The number of fused-ring (bicyclic) bond motifs is 1. The van der Waals surface area contributed by atoms with Gasteiger partial charge in [-0.2, -0.15) is 0 Å². The largest absolute Gasteiger partial charge is 0.336 e. The lowest BCUT2D eigenvalue weighted by Crippen LogP contribution is -2.08. The smallest absolute Gasteiger partial charge is 0.223 e. The van der Waals surface area contributed by atoms with E-state index < -0.39 is 5.82 Å². The molecule has 0 saturated heterocycles. The Morgan fingerprint density at radius 1 is 1.30 bits per heavy atom. The van der Waals surface area contributed by atoms with E-state index in [1.165, 1.54) is 6.92 Å². The van der Waals surface area contributed by atoms with Crippen molar-refractivity contribution in [1.82, 2.24) is 14.5 Å². The van der Waals surface area contributed by atoms with Crippen LogP contribution in [-0.4, -0.2) is 20.3 Å². The first kappa shape index (κ1) is 15.6. The Bertz CT molecular complexity index is 918. The fourth-order valence-corrected chi connectivity index (χ4v) is 2.89. The second-order valence-corrected chi connectivity index (χ2v) is 6.00. The first-order valence-corrected chi connectivity index (χ1v) is 7.60. The molecule has 3 aromatic rings. The van der Waals surface area contributed by atoms with Crippen LogP contribution in [0, 0.1) is 5.82 Å². The number of nitrogens with zero attached hydrogens (tertiary/aromatic N) is 3. The summed E-state index contributed by atoms with van der Waals surface area (Å²) in [5.41, 5.74) is 2.30. The predicted molar refractivity (Wildman–Crippen MR) is 88.3 cm³/mol. The molecule has 4 nitrogen and oxygen atoms in total. The van der Waals surface area contributed by atoms with Gasteiger partial charge in [-0.15, -0.1) is 0 Å². The molecule has 6 heteroatoms. The fourth-order valence-electron chi connectivity index (χ4n) is 2.76. The van der Waals surface area contributed by atoms with Crippen molar-refractivity contribution in [2.24, 2.45) is 0 Å². The van der Waals surface area contributed by atoms with Gasteiger partial charge in [0.1, 0.15) is 5.69 Å². The summed E-state index contributed by atoms with van der Waals surface area (Å²) >= 11 is 5.76. The van der Waals surface area contributed by atoms with Crippen LogP contribution in [0.3, 0.4) is 0 Å². The SMILES string of the molecule is CC(=O)c1cc2cc(-c3nc(Cl)ncc3F)ccc2n1C(C)C. The van der Waals surface area contributed by atoms with Crippen molar-refractivity contribution < 1.29 is 9.18 Å². The van der Waals surface area contributed by atoms with Crippen LogP contribution in [-0.2, 0) is 0 Å². The lowest BCUT2D eigenvalue weighted by molar-refractivity contribution is 0.100. The summed E-state index contributed by atoms with van der Waals surface area (Å²) in [5, 5.41) is 0.848. The molecule has 118 valence electrons. The molecule has 0 spiro atoms. The number of carbonyl (C=O) groups excluding carboxylic acids is 1. The van der Waals surface area contributed by atoms with Gasteiger partial charge < -0.3 is 4.57 Å². The third-order valence-corrected chi connectivity index (χ3v) is 3.89. The third kappa shape index (κ3) is 2.72. The van der Waals surface area contributed by atoms with Gasteiger partial charge >= 0.3 is 0 Å². The van der Waals surface area contributed by atoms with Crippen molar-refractivity contribution in [3.05, 3.63) is 47.3 Å². The molecular formula is C17H15ClFN3O. The maximum Gasteiger partial charge on any atom is 0.223 e. The minimum Gasteiger partial charge on any atom is -0.336 e. The average Bonchev–Trinajstić information content (AvgIpc) is 2.88. The summed E-state index contributed by atoms with van der Waals surface area (Å²) in [5.74, 6) is -0.545. The van der Waals surface area contributed by atoms with Crippen LogP contribution in [0.5, 0.6) is 0 Å².